The van der Waals surface area contributed by atoms with Crippen molar-refractivity contribution in [2.75, 3.05) is 31.3 Å². The first-order valence-corrected chi connectivity index (χ1v) is 10.4. The van der Waals surface area contributed by atoms with Crippen molar-refractivity contribution in [2.45, 2.75) is 19.4 Å². The van der Waals surface area contributed by atoms with E-state index < -0.39 is 0 Å². The molecule has 1 atom stereocenters. The number of aliphatic hydroxyl groups is 1. The molecule has 4 rings (SSSR count). The van der Waals surface area contributed by atoms with Crippen LogP contribution in [0.1, 0.15) is 12.5 Å². The summed E-state index contributed by atoms with van der Waals surface area (Å²) in [6.07, 6.45) is 0.523. The van der Waals surface area contributed by atoms with E-state index in [9.17, 15) is 5.11 Å². The first-order chi connectivity index (χ1) is 14.8. The number of para-hydroxylation sites is 4. The van der Waals surface area contributed by atoms with E-state index in [0.29, 0.717) is 26.2 Å². The molecule has 5 nitrogen and oxygen atoms in total. The van der Waals surface area contributed by atoms with Gasteiger partial charge in [0.1, 0.15) is 12.4 Å². The van der Waals surface area contributed by atoms with Gasteiger partial charge < -0.3 is 24.2 Å². The maximum Gasteiger partial charge on any atom is 0.151 e. The van der Waals surface area contributed by atoms with E-state index in [4.69, 9.17) is 14.2 Å². The summed E-state index contributed by atoms with van der Waals surface area (Å²) >= 11 is 0. The topological polar surface area (TPSA) is 51.2 Å². The Morgan fingerprint density at radius 3 is 2.13 bits per heavy atom. The van der Waals surface area contributed by atoms with Crippen LogP contribution in [0.25, 0.3) is 0 Å². The van der Waals surface area contributed by atoms with E-state index >= 15 is 0 Å². The molecule has 0 bridgehead atoms. The van der Waals surface area contributed by atoms with Gasteiger partial charge in [-0.3, -0.25) is 0 Å². The van der Waals surface area contributed by atoms with E-state index in [-0.39, 0.29) is 12.7 Å². The lowest BCUT2D eigenvalue weighted by molar-refractivity contribution is 0.0207. The molecule has 0 spiro atoms. The normalized spacial score (nSPS) is 13.2. The molecule has 0 amide bonds. The van der Waals surface area contributed by atoms with Crippen molar-refractivity contribution in [3.8, 4) is 17.2 Å². The van der Waals surface area contributed by atoms with Gasteiger partial charge in [0, 0.05) is 13.0 Å². The standard InChI is InChI=1S/C25H27NO4/c1-2-28-21(18-27)17-19-11-13-20(14-12-19)29-16-15-26-22-7-3-5-9-24(22)30-25-10-6-4-8-23(25)26/h3-14,21,27H,2,15-18H2,1H3/t21-/m0/s1. The van der Waals surface area contributed by atoms with Gasteiger partial charge in [-0.2, -0.15) is 0 Å². The van der Waals surface area contributed by atoms with Gasteiger partial charge in [0.25, 0.3) is 0 Å². The quantitative estimate of drug-likeness (QED) is 0.546. The van der Waals surface area contributed by atoms with Crippen molar-refractivity contribution in [3.63, 3.8) is 0 Å². The zero-order chi connectivity index (χ0) is 20.8. The van der Waals surface area contributed by atoms with Crippen LogP contribution in [0.2, 0.25) is 0 Å². The Hall–Kier alpha value is -3.02. The van der Waals surface area contributed by atoms with Gasteiger partial charge in [0.15, 0.2) is 11.5 Å². The average Bonchev–Trinajstić information content (AvgIpc) is 2.79. The summed E-state index contributed by atoms with van der Waals surface area (Å²) in [7, 11) is 0. The summed E-state index contributed by atoms with van der Waals surface area (Å²) in [6, 6.07) is 24.1. The maximum atomic E-state index is 9.39. The molecule has 0 radical (unpaired) electrons. The van der Waals surface area contributed by atoms with E-state index in [2.05, 4.69) is 17.0 Å². The molecular formula is C25H27NO4. The van der Waals surface area contributed by atoms with Crippen molar-refractivity contribution in [1.82, 2.24) is 0 Å². The van der Waals surface area contributed by atoms with Gasteiger partial charge >= 0.3 is 0 Å². The molecule has 0 saturated heterocycles. The van der Waals surface area contributed by atoms with Gasteiger partial charge in [-0.15, -0.1) is 0 Å². The zero-order valence-electron chi connectivity index (χ0n) is 17.2. The molecule has 0 saturated carbocycles. The molecule has 156 valence electrons. The van der Waals surface area contributed by atoms with Crippen LogP contribution in [-0.2, 0) is 11.2 Å². The molecule has 0 aliphatic carbocycles. The summed E-state index contributed by atoms with van der Waals surface area (Å²) in [5.41, 5.74) is 3.20. The number of aliphatic hydroxyl groups excluding tert-OH is 1. The molecule has 0 fully saturated rings. The highest BCUT2D eigenvalue weighted by Gasteiger charge is 2.23. The Morgan fingerprint density at radius 1 is 0.900 bits per heavy atom. The van der Waals surface area contributed by atoms with Crippen LogP contribution in [0.5, 0.6) is 17.2 Å². The monoisotopic (exact) mass is 405 g/mol. The van der Waals surface area contributed by atoms with Crippen molar-refractivity contribution in [1.29, 1.82) is 0 Å². The minimum atomic E-state index is -0.164. The van der Waals surface area contributed by atoms with Crippen LogP contribution in [0.4, 0.5) is 11.4 Å². The molecular weight excluding hydrogens is 378 g/mol. The van der Waals surface area contributed by atoms with Crippen LogP contribution in [-0.4, -0.2) is 37.6 Å². The predicted octanol–water partition coefficient (Wildman–Crippen LogP) is 4.95. The van der Waals surface area contributed by atoms with Crippen molar-refractivity contribution >= 4 is 11.4 Å². The van der Waals surface area contributed by atoms with E-state index in [1.165, 1.54) is 0 Å². The van der Waals surface area contributed by atoms with Crippen molar-refractivity contribution in [2.24, 2.45) is 0 Å². The molecule has 5 heteroatoms. The minimum Gasteiger partial charge on any atom is -0.492 e. The number of nitrogens with zero attached hydrogens (tertiary/aromatic N) is 1. The molecule has 1 heterocycles. The zero-order valence-corrected chi connectivity index (χ0v) is 17.2. The third-order valence-electron chi connectivity index (χ3n) is 5.11. The Kier molecular flexibility index (Phi) is 6.52. The largest absolute Gasteiger partial charge is 0.492 e. The second-order valence-electron chi connectivity index (χ2n) is 7.15. The summed E-state index contributed by atoms with van der Waals surface area (Å²) in [4.78, 5) is 2.23. The number of rotatable bonds is 9. The molecule has 1 N–H and O–H groups in total. The highest BCUT2D eigenvalue weighted by Crippen LogP contribution is 2.45. The van der Waals surface area contributed by atoms with Crippen molar-refractivity contribution in [3.05, 3.63) is 78.4 Å². The molecule has 3 aromatic rings. The minimum absolute atomic E-state index is 0.0224. The molecule has 30 heavy (non-hydrogen) atoms. The van der Waals surface area contributed by atoms with Gasteiger partial charge in [0.2, 0.25) is 0 Å². The summed E-state index contributed by atoms with van der Waals surface area (Å²) in [5, 5.41) is 9.39. The van der Waals surface area contributed by atoms with Crippen molar-refractivity contribution < 1.29 is 19.3 Å². The third-order valence-corrected chi connectivity index (χ3v) is 5.11. The van der Waals surface area contributed by atoms with Crippen LogP contribution in [0, 0.1) is 0 Å². The van der Waals surface area contributed by atoms with Gasteiger partial charge in [-0.1, -0.05) is 36.4 Å². The predicted molar refractivity (Wildman–Crippen MR) is 118 cm³/mol. The second-order valence-corrected chi connectivity index (χ2v) is 7.15. The number of hydrogen-bond donors (Lipinski definition) is 1. The fourth-order valence-electron chi connectivity index (χ4n) is 3.67. The van der Waals surface area contributed by atoms with Crippen LogP contribution in [0.3, 0.4) is 0 Å². The fourth-order valence-corrected chi connectivity index (χ4v) is 3.67. The smallest absolute Gasteiger partial charge is 0.151 e. The maximum absolute atomic E-state index is 9.39. The van der Waals surface area contributed by atoms with Crippen LogP contribution >= 0.6 is 0 Å². The van der Waals surface area contributed by atoms with E-state index in [1.807, 2.05) is 67.6 Å². The summed E-state index contributed by atoms with van der Waals surface area (Å²) < 4.78 is 17.6. The van der Waals surface area contributed by atoms with Crippen LogP contribution < -0.4 is 14.4 Å². The molecule has 1 aliphatic heterocycles. The van der Waals surface area contributed by atoms with Gasteiger partial charge in [-0.25, -0.2) is 0 Å². The molecule has 1 aliphatic rings. The first-order valence-electron chi connectivity index (χ1n) is 10.4. The Labute approximate surface area is 177 Å². The molecule has 0 unspecified atom stereocenters. The fraction of sp³-hybridized carbons (Fsp3) is 0.280. The Morgan fingerprint density at radius 2 is 1.53 bits per heavy atom. The lowest BCUT2D eigenvalue weighted by Gasteiger charge is -2.32. The third kappa shape index (κ3) is 4.58. The number of fused-ring (bicyclic) bond motifs is 2. The van der Waals surface area contributed by atoms with Crippen LogP contribution in [0.15, 0.2) is 72.8 Å². The Bertz CT molecular complexity index is 912. The highest BCUT2D eigenvalue weighted by molar-refractivity contribution is 5.77. The highest BCUT2D eigenvalue weighted by atomic mass is 16.5. The average molecular weight is 405 g/mol. The van der Waals surface area contributed by atoms with E-state index in [0.717, 1.165) is 34.2 Å². The van der Waals surface area contributed by atoms with E-state index in [1.54, 1.807) is 0 Å². The lowest BCUT2D eigenvalue weighted by atomic mass is 10.1. The number of anilines is 2. The number of ether oxygens (including phenoxy) is 3. The second kappa shape index (κ2) is 9.65. The molecule has 3 aromatic carbocycles. The SMILES string of the molecule is CCO[C@H](CO)Cc1ccc(OCCN2c3ccccc3Oc3ccccc32)cc1. The number of benzene rings is 3. The van der Waals surface area contributed by atoms with Gasteiger partial charge in [-0.05, 0) is 48.9 Å². The Balaban J connectivity index is 1.39. The summed E-state index contributed by atoms with van der Waals surface area (Å²) in [5.74, 6) is 2.53. The lowest BCUT2D eigenvalue weighted by Crippen LogP contribution is -2.26. The number of hydrogen-bond acceptors (Lipinski definition) is 5. The first kappa shape index (κ1) is 20.3. The van der Waals surface area contributed by atoms with Gasteiger partial charge in [0.05, 0.1) is 30.6 Å². The molecule has 0 aromatic heterocycles. The summed E-state index contributed by atoms with van der Waals surface area (Å²) in [6.45, 7) is 3.80.